The van der Waals surface area contributed by atoms with Crippen LogP contribution in [0.2, 0.25) is 0 Å². The summed E-state index contributed by atoms with van der Waals surface area (Å²) >= 11 is 0. The lowest BCUT2D eigenvalue weighted by Gasteiger charge is -2.28. The van der Waals surface area contributed by atoms with E-state index < -0.39 is 0 Å². The molecule has 0 N–H and O–H groups in total. The van der Waals surface area contributed by atoms with Gasteiger partial charge in [0.1, 0.15) is 0 Å². The Bertz CT molecular complexity index is 119. The van der Waals surface area contributed by atoms with Gasteiger partial charge in [0.15, 0.2) is 0 Å². The number of hydrogen-bond acceptors (Lipinski definition) is 1. The Morgan fingerprint density at radius 1 is 1.00 bits per heavy atom. The van der Waals surface area contributed by atoms with Crippen LogP contribution in [0.15, 0.2) is 11.1 Å². The van der Waals surface area contributed by atoms with Crippen LogP contribution in [-0.2, 0) is 4.74 Å². The van der Waals surface area contributed by atoms with Crippen LogP contribution < -0.4 is 0 Å². The molecule has 0 aromatic carbocycles. The van der Waals surface area contributed by atoms with E-state index >= 15 is 0 Å². The van der Waals surface area contributed by atoms with Crippen LogP contribution >= 0.6 is 0 Å². The highest BCUT2D eigenvalue weighted by Gasteiger charge is 2.19. The first-order valence-corrected chi connectivity index (χ1v) is 3.24. The Morgan fingerprint density at radius 3 is 2.25 bits per heavy atom. The lowest BCUT2D eigenvalue weighted by Crippen LogP contribution is -2.17. The predicted octanol–water partition coefficient (Wildman–Crippen LogP) is 1.50. The zero-order chi connectivity index (χ0) is 5.40. The van der Waals surface area contributed by atoms with Crippen molar-refractivity contribution in [3.8, 4) is 0 Å². The molecule has 2 aliphatic rings. The maximum absolute atomic E-state index is 5.25. The van der Waals surface area contributed by atoms with Gasteiger partial charge in [0.25, 0.3) is 0 Å². The van der Waals surface area contributed by atoms with E-state index in [-0.39, 0.29) is 0 Å². The summed E-state index contributed by atoms with van der Waals surface area (Å²) in [5.74, 6) is 0. The molecular formula is C7H10O. The van der Waals surface area contributed by atoms with E-state index in [0.717, 1.165) is 13.2 Å². The second-order valence-corrected chi connectivity index (χ2v) is 2.51. The van der Waals surface area contributed by atoms with Gasteiger partial charge >= 0.3 is 0 Å². The second kappa shape index (κ2) is 1.59. The summed E-state index contributed by atoms with van der Waals surface area (Å²) in [5, 5.41) is 0. The SMILES string of the molecule is C1CC2=C(CC2)CO1. The maximum Gasteiger partial charge on any atom is 0.0679 e. The lowest BCUT2D eigenvalue weighted by molar-refractivity contribution is 0.135. The van der Waals surface area contributed by atoms with Crippen LogP contribution in [-0.4, -0.2) is 13.2 Å². The molecule has 1 aliphatic heterocycles. The highest BCUT2D eigenvalue weighted by molar-refractivity contribution is 5.26. The van der Waals surface area contributed by atoms with Gasteiger partial charge in [-0.05, 0) is 24.8 Å². The third-order valence-corrected chi connectivity index (χ3v) is 2.05. The summed E-state index contributed by atoms with van der Waals surface area (Å²) in [5.41, 5.74) is 3.28. The molecule has 0 radical (unpaired) electrons. The van der Waals surface area contributed by atoms with Crippen LogP contribution in [0.5, 0.6) is 0 Å². The van der Waals surface area contributed by atoms with Crippen molar-refractivity contribution in [2.75, 3.05) is 13.2 Å². The summed E-state index contributed by atoms with van der Waals surface area (Å²) in [6.07, 6.45) is 3.89. The standard InChI is InChI=1S/C7H10O/c1-2-7-5-8-4-3-6(1)7/h1-5H2. The minimum atomic E-state index is 0.940. The van der Waals surface area contributed by atoms with Crippen molar-refractivity contribution in [3.05, 3.63) is 11.1 Å². The minimum absolute atomic E-state index is 0.940. The highest BCUT2D eigenvalue weighted by Crippen LogP contribution is 2.32. The highest BCUT2D eigenvalue weighted by atomic mass is 16.5. The van der Waals surface area contributed by atoms with Gasteiger partial charge in [0.2, 0.25) is 0 Å². The van der Waals surface area contributed by atoms with E-state index in [1.165, 1.54) is 19.3 Å². The Hall–Kier alpha value is -0.300. The summed E-state index contributed by atoms with van der Waals surface area (Å²) in [7, 11) is 0. The smallest absolute Gasteiger partial charge is 0.0679 e. The first kappa shape index (κ1) is 4.57. The third-order valence-electron chi connectivity index (χ3n) is 2.05. The van der Waals surface area contributed by atoms with Crippen LogP contribution in [0, 0.1) is 0 Å². The summed E-state index contributed by atoms with van der Waals surface area (Å²) in [6, 6.07) is 0. The fourth-order valence-corrected chi connectivity index (χ4v) is 1.35. The molecule has 0 amide bonds. The predicted molar refractivity (Wildman–Crippen MR) is 31.7 cm³/mol. The van der Waals surface area contributed by atoms with Gasteiger partial charge in [0, 0.05) is 0 Å². The van der Waals surface area contributed by atoms with E-state index in [0.29, 0.717) is 0 Å². The number of hydrogen-bond donors (Lipinski definition) is 0. The van der Waals surface area contributed by atoms with Gasteiger partial charge in [-0.2, -0.15) is 0 Å². The molecule has 0 aromatic rings. The minimum Gasteiger partial charge on any atom is -0.377 e. The fraction of sp³-hybridized carbons (Fsp3) is 0.714. The molecule has 0 bridgehead atoms. The molecule has 2 rings (SSSR count). The Balaban J connectivity index is 2.18. The van der Waals surface area contributed by atoms with E-state index in [4.69, 9.17) is 4.74 Å². The van der Waals surface area contributed by atoms with E-state index in [1.54, 1.807) is 11.1 Å². The van der Waals surface area contributed by atoms with Crippen molar-refractivity contribution in [2.45, 2.75) is 19.3 Å². The molecule has 0 atom stereocenters. The van der Waals surface area contributed by atoms with Gasteiger partial charge in [-0.1, -0.05) is 5.57 Å². The van der Waals surface area contributed by atoms with Crippen molar-refractivity contribution in [3.63, 3.8) is 0 Å². The van der Waals surface area contributed by atoms with Gasteiger partial charge in [-0.15, -0.1) is 0 Å². The molecule has 1 heteroatoms. The van der Waals surface area contributed by atoms with Crippen LogP contribution in [0.3, 0.4) is 0 Å². The van der Waals surface area contributed by atoms with Crippen molar-refractivity contribution in [1.29, 1.82) is 0 Å². The molecule has 0 spiro atoms. The average Bonchev–Trinajstić information content (AvgIpc) is 1.72. The largest absolute Gasteiger partial charge is 0.377 e. The maximum atomic E-state index is 5.25. The molecule has 8 heavy (non-hydrogen) atoms. The van der Waals surface area contributed by atoms with Gasteiger partial charge < -0.3 is 4.74 Å². The molecule has 1 heterocycles. The van der Waals surface area contributed by atoms with Crippen molar-refractivity contribution >= 4 is 0 Å². The Labute approximate surface area is 49.3 Å². The molecule has 0 saturated carbocycles. The van der Waals surface area contributed by atoms with E-state index in [2.05, 4.69) is 0 Å². The van der Waals surface area contributed by atoms with Crippen molar-refractivity contribution < 1.29 is 4.74 Å². The van der Waals surface area contributed by atoms with Gasteiger partial charge in [-0.3, -0.25) is 0 Å². The number of rotatable bonds is 0. The monoisotopic (exact) mass is 110 g/mol. The summed E-state index contributed by atoms with van der Waals surface area (Å²) in [6.45, 7) is 1.91. The van der Waals surface area contributed by atoms with Crippen LogP contribution in [0.4, 0.5) is 0 Å². The summed E-state index contributed by atoms with van der Waals surface area (Å²) in [4.78, 5) is 0. The van der Waals surface area contributed by atoms with Crippen LogP contribution in [0.1, 0.15) is 19.3 Å². The van der Waals surface area contributed by atoms with Gasteiger partial charge in [-0.25, -0.2) is 0 Å². The fourth-order valence-electron chi connectivity index (χ4n) is 1.35. The Kier molecular flexibility index (Phi) is 0.908. The molecule has 0 unspecified atom stereocenters. The quantitative estimate of drug-likeness (QED) is 0.429. The van der Waals surface area contributed by atoms with E-state index in [9.17, 15) is 0 Å². The zero-order valence-corrected chi connectivity index (χ0v) is 4.94. The molecule has 44 valence electrons. The second-order valence-electron chi connectivity index (χ2n) is 2.51. The molecule has 0 fully saturated rings. The summed E-state index contributed by atoms with van der Waals surface area (Å²) < 4.78 is 5.25. The first-order chi connectivity index (χ1) is 3.97. The third kappa shape index (κ3) is 0.511. The molecule has 0 aromatic heterocycles. The average molecular weight is 110 g/mol. The Morgan fingerprint density at radius 2 is 1.88 bits per heavy atom. The molecule has 1 nitrogen and oxygen atoms in total. The lowest BCUT2D eigenvalue weighted by atomic mass is 9.86. The normalized spacial score (nSPS) is 27.0. The van der Waals surface area contributed by atoms with Crippen molar-refractivity contribution in [2.24, 2.45) is 0 Å². The van der Waals surface area contributed by atoms with E-state index in [1.807, 2.05) is 0 Å². The molecular weight excluding hydrogens is 100 g/mol. The van der Waals surface area contributed by atoms with Crippen molar-refractivity contribution in [1.82, 2.24) is 0 Å². The molecule has 0 saturated heterocycles. The van der Waals surface area contributed by atoms with Crippen LogP contribution in [0.25, 0.3) is 0 Å². The number of ether oxygens (including phenoxy) is 1. The zero-order valence-electron chi connectivity index (χ0n) is 4.94. The molecule has 1 aliphatic carbocycles. The first-order valence-electron chi connectivity index (χ1n) is 3.24. The topological polar surface area (TPSA) is 9.23 Å². The van der Waals surface area contributed by atoms with Gasteiger partial charge in [0.05, 0.1) is 13.2 Å².